The minimum absolute atomic E-state index is 0.243. The van der Waals surface area contributed by atoms with E-state index in [0.717, 1.165) is 79.6 Å². The molecule has 0 aliphatic heterocycles. The van der Waals surface area contributed by atoms with E-state index >= 15 is 0 Å². The Labute approximate surface area is 467 Å². The first-order valence-electron chi connectivity index (χ1n) is 28.1. The van der Waals surface area contributed by atoms with Crippen LogP contribution in [0.25, 0.3) is 95.3 Å². The molecule has 0 N–H and O–H groups in total. The molecule has 2 heteroatoms. The van der Waals surface area contributed by atoms with Gasteiger partial charge in [-0.1, -0.05) is 208 Å². The SMILES string of the molecule is C=CCCCCC1(CCCCC=C)c2cc(N(c3ccc(-c4ccccc4)cc3)c3ccc(-c4ccccc4)cc3)ccc2-c2ccc(-n3c4ccc(-c5ccc(C=C)cc5)cc4c4cc(-c5ccc(C=C)cc5)ccc43)cc21. The molecule has 12 rings (SSSR count). The highest BCUT2D eigenvalue weighted by Gasteiger charge is 2.43. The highest BCUT2D eigenvalue weighted by molar-refractivity contribution is 6.12. The van der Waals surface area contributed by atoms with Crippen molar-refractivity contribution in [2.24, 2.45) is 0 Å². The number of rotatable bonds is 20. The van der Waals surface area contributed by atoms with Gasteiger partial charge in [-0.2, -0.15) is 0 Å². The third-order valence-electron chi connectivity index (χ3n) is 16.6. The van der Waals surface area contributed by atoms with E-state index in [1.807, 2.05) is 12.2 Å². The Bertz CT molecular complexity index is 3780. The predicted octanol–water partition coefficient (Wildman–Crippen LogP) is 22.0. The van der Waals surface area contributed by atoms with Gasteiger partial charge in [-0.15, -0.1) is 13.2 Å². The molecule has 0 saturated heterocycles. The summed E-state index contributed by atoms with van der Waals surface area (Å²) >= 11 is 0. The lowest BCUT2D eigenvalue weighted by Gasteiger charge is -2.34. The number of hydrogen-bond donors (Lipinski definition) is 0. The number of hydrogen-bond acceptors (Lipinski definition) is 1. The number of nitrogens with zero attached hydrogens (tertiary/aromatic N) is 2. The van der Waals surface area contributed by atoms with Crippen LogP contribution >= 0.6 is 0 Å². The zero-order valence-electron chi connectivity index (χ0n) is 45.1. The summed E-state index contributed by atoms with van der Waals surface area (Å²) in [7, 11) is 0. The molecule has 0 saturated carbocycles. The molecule has 1 heterocycles. The maximum absolute atomic E-state index is 4.15. The summed E-state index contributed by atoms with van der Waals surface area (Å²) in [4.78, 5) is 2.46. The monoisotopic (exact) mass is 1020 g/mol. The minimum atomic E-state index is -0.243. The topological polar surface area (TPSA) is 8.17 Å². The van der Waals surface area contributed by atoms with E-state index in [1.54, 1.807) is 0 Å². The Morgan fingerprint density at radius 1 is 0.354 bits per heavy atom. The van der Waals surface area contributed by atoms with Crippen LogP contribution in [0.4, 0.5) is 17.1 Å². The van der Waals surface area contributed by atoms with E-state index in [2.05, 4.69) is 278 Å². The molecule has 0 atom stereocenters. The van der Waals surface area contributed by atoms with Crippen molar-refractivity contribution in [1.29, 1.82) is 0 Å². The molecule has 1 aliphatic carbocycles. The van der Waals surface area contributed by atoms with Crippen molar-refractivity contribution >= 4 is 51.0 Å². The molecule has 0 fully saturated rings. The molecule has 0 radical (unpaired) electrons. The Morgan fingerprint density at radius 3 is 1.20 bits per heavy atom. The van der Waals surface area contributed by atoms with E-state index in [4.69, 9.17) is 0 Å². The van der Waals surface area contributed by atoms with Crippen molar-refractivity contribution in [3.63, 3.8) is 0 Å². The molecule has 0 unspecified atom stereocenters. The number of anilines is 3. The van der Waals surface area contributed by atoms with Crippen molar-refractivity contribution in [3.8, 4) is 61.3 Å². The van der Waals surface area contributed by atoms with Crippen LogP contribution in [0.2, 0.25) is 0 Å². The van der Waals surface area contributed by atoms with Crippen LogP contribution in [0.5, 0.6) is 0 Å². The smallest absolute Gasteiger partial charge is 0.0541 e. The van der Waals surface area contributed by atoms with Gasteiger partial charge in [0.05, 0.1) is 11.0 Å². The third kappa shape index (κ3) is 9.81. The van der Waals surface area contributed by atoms with Gasteiger partial charge >= 0.3 is 0 Å². The second-order valence-electron chi connectivity index (χ2n) is 21.2. The van der Waals surface area contributed by atoms with Gasteiger partial charge in [0.1, 0.15) is 0 Å². The van der Waals surface area contributed by atoms with Crippen LogP contribution in [-0.2, 0) is 5.41 Å². The predicted molar refractivity (Wildman–Crippen MR) is 341 cm³/mol. The summed E-state index contributed by atoms with van der Waals surface area (Å²) in [5, 5.41) is 2.46. The van der Waals surface area contributed by atoms with Crippen LogP contribution in [0.15, 0.2) is 269 Å². The molecule has 1 aliphatic rings. The lowest BCUT2D eigenvalue weighted by atomic mass is 9.70. The number of allylic oxidation sites excluding steroid dienone is 2. The first-order chi connectivity index (χ1) is 39.0. The first kappa shape index (κ1) is 50.6. The summed E-state index contributed by atoms with van der Waals surface area (Å²) in [5.74, 6) is 0. The van der Waals surface area contributed by atoms with Gasteiger partial charge in [0.15, 0.2) is 0 Å². The summed E-state index contributed by atoms with van der Waals surface area (Å²) in [6.45, 7) is 16.3. The molecule has 79 heavy (non-hydrogen) atoms. The Kier molecular flexibility index (Phi) is 14.3. The highest BCUT2D eigenvalue weighted by Crippen LogP contribution is 2.56. The van der Waals surface area contributed by atoms with Gasteiger partial charge in [0.25, 0.3) is 0 Å². The lowest BCUT2D eigenvalue weighted by Crippen LogP contribution is -2.26. The fourth-order valence-electron chi connectivity index (χ4n) is 12.4. The van der Waals surface area contributed by atoms with Crippen molar-refractivity contribution in [1.82, 2.24) is 4.57 Å². The molecule has 11 aromatic rings. The standard InChI is InChI=1S/C77H66N2/c1-5-9-11-19-49-77(50-20-12-10-6-2)73-53-67(78(65-39-33-59(34-40-65)57-21-15-13-16-22-57)66-41-35-60(36-42-66)58-23-17-14-18-24-58)43-45-69(73)70-46-44-68(54-74(70)77)79-75-47-37-63(61-29-25-55(7-3)26-30-61)51-71(75)72-52-64(38-48-76(72)79)62-31-27-56(8-4)28-32-62/h5-8,13-18,21-48,51-54H,1-4,9-12,19-20,49-50H2. The van der Waals surface area contributed by atoms with Crippen molar-refractivity contribution in [3.05, 3.63) is 291 Å². The Hall–Kier alpha value is -9.24. The van der Waals surface area contributed by atoms with Gasteiger partial charge in [-0.25, -0.2) is 0 Å². The molecule has 0 amide bonds. The molecule has 2 nitrogen and oxygen atoms in total. The molecule has 0 spiro atoms. The molecule has 10 aromatic carbocycles. The summed E-state index contributed by atoms with van der Waals surface area (Å²) in [6.07, 6.45) is 16.4. The lowest BCUT2D eigenvalue weighted by molar-refractivity contribution is 0.408. The second-order valence-corrected chi connectivity index (χ2v) is 21.2. The van der Waals surface area contributed by atoms with Crippen molar-refractivity contribution in [2.45, 2.75) is 56.8 Å². The van der Waals surface area contributed by atoms with Crippen molar-refractivity contribution < 1.29 is 0 Å². The fraction of sp³-hybridized carbons (Fsp3) is 0.117. The van der Waals surface area contributed by atoms with Crippen LogP contribution in [-0.4, -0.2) is 4.57 Å². The van der Waals surface area contributed by atoms with Gasteiger partial charge in [-0.3, -0.25) is 0 Å². The van der Waals surface area contributed by atoms with E-state index in [0.29, 0.717) is 0 Å². The molecular weight excluding hydrogens is 953 g/mol. The number of aromatic nitrogens is 1. The molecular formula is C77H66N2. The maximum Gasteiger partial charge on any atom is 0.0541 e. The molecule has 0 bridgehead atoms. The quantitative estimate of drug-likeness (QED) is 0.0546. The number of unbranched alkanes of at least 4 members (excludes halogenated alkanes) is 4. The van der Waals surface area contributed by atoms with Crippen LogP contribution in [0, 0.1) is 0 Å². The first-order valence-corrected chi connectivity index (χ1v) is 28.1. The minimum Gasteiger partial charge on any atom is -0.310 e. The summed E-state index contributed by atoms with van der Waals surface area (Å²) in [6, 6.07) is 85.8. The fourth-order valence-corrected chi connectivity index (χ4v) is 12.4. The van der Waals surface area contributed by atoms with Gasteiger partial charge < -0.3 is 9.47 Å². The van der Waals surface area contributed by atoms with Crippen molar-refractivity contribution in [2.75, 3.05) is 4.90 Å². The average molecular weight is 1020 g/mol. The van der Waals surface area contributed by atoms with Gasteiger partial charge in [-0.05, 0) is 189 Å². The number of fused-ring (bicyclic) bond motifs is 6. The molecule has 1 aromatic heterocycles. The normalized spacial score (nSPS) is 12.3. The van der Waals surface area contributed by atoms with E-state index < -0.39 is 0 Å². The van der Waals surface area contributed by atoms with E-state index in [1.165, 1.54) is 94.3 Å². The summed E-state index contributed by atoms with van der Waals surface area (Å²) < 4.78 is 2.52. The largest absolute Gasteiger partial charge is 0.310 e. The maximum atomic E-state index is 4.15. The van der Waals surface area contributed by atoms with Gasteiger partial charge in [0.2, 0.25) is 0 Å². The summed E-state index contributed by atoms with van der Waals surface area (Å²) in [5.41, 5.74) is 24.0. The Balaban J connectivity index is 1.03. The van der Waals surface area contributed by atoms with Gasteiger partial charge in [0, 0.05) is 38.9 Å². The van der Waals surface area contributed by atoms with E-state index in [9.17, 15) is 0 Å². The number of benzene rings is 10. The zero-order valence-corrected chi connectivity index (χ0v) is 45.1. The average Bonchev–Trinajstić information content (AvgIpc) is 4.17. The Morgan fingerprint density at radius 2 is 0.747 bits per heavy atom. The highest BCUT2D eigenvalue weighted by atomic mass is 15.1. The van der Waals surface area contributed by atoms with Crippen LogP contribution < -0.4 is 4.90 Å². The second kappa shape index (κ2) is 22.4. The third-order valence-corrected chi connectivity index (χ3v) is 16.6. The van der Waals surface area contributed by atoms with Crippen LogP contribution in [0.1, 0.15) is 73.6 Å². The van der Waals surface area contributed by atoms with E-state index in [-0.39, 0.29) is 5.41 Å². The zero-order chi connectivity index (χ0) is 53.7. The molecule has 384 valence electrons. The van der Waals surface area contributed by atoms with Crippen LogP contribution in [0.3, 0.4) is 0 Å².